The van der Waals surface area contributed by atoms with Crippen LogP contribution in [0.25, 0.3) is 11.1 Å². The van der Waals surface area contributed by atoms with E-state index in [2.05, 4.69) is 5.32 Å². The standard InChI is InChI=1S/C23H22N2O3S/c1-16-14-20-15-19(10-13-22(20)25(16)29(2,27)28)23(26)24-21-11-8-18(9-12-21)17-6-4-3-5-7-17/h3-13,15-16H,14H2,1-2H3,(H,24,26)/t16-/m1/s1. The van der Waals surface area contributed by atoms with Crippen molar-refractivity contribution in [3.05, 3.63) is 83.9 Å². The van der Waals surface area contributed by atoms with Gasteiger partial charge in [-0.15, -0.1) is 0 Å². The molecule has 1 aliphatic heterocycles. The number of nitrogens with one attached hydrogen (secondary N) is 1. The second-order valence-corrected chi connectivity index (χ2v) is 9.21. The Kier molecular flexibility index (Phi) is 4.88. The highest BCUT2D eigenvalue weighted by Crippen LogP contribution is 2.34. The maximum atomic E-state index is 12.7. The number of nitrogens with zero attached hydrogens (tertiary/aromatic N) is 1. The molecule has 0 radical (unpaired) electrons. The van der Waals surface area contributed by atoms with Crippen molar-refractivity contribution >= 4 is 27.3 Å². The van der Waals surface area contributed by atoms with Crippen molar-refractivity contribution < 1.29 is 13.2 Å². The Morgan fingerprint density at radius 1 is 0.966 bits per heavy atom. The summed E-state index contributed by atoms with van der Waals surface area (Å²) in [6.45, 7) is 1.87. The third-order valence-electron chi connectivity index (χ3n) is 5.10. The fraction of sp³-hybridized carbons (Fsp3) is 0.174. The second-order valence-electron chi connectivity index (χ2n) is 7.35. The van der Waals surface area contributed by atoms with Crippen molar-refractivity contribution in [2.45, 2.75) is 19.4 Å². The van der Waals surface area contributed by atoms with E-state index in [0.29, 0.717) is 23.4 Å². The van der Waals surface area contributed by atoms with Crippen molar-refractivity contribution in [2.75, 3.05) is 15.9 Å². The molecule has 3 aromatic rings. The van der Waals surface area contributed by atoms with E-state index in [4.69, 9.17) is 0 Å². The maximum Gasteiger partial charge on any atom is 0.255 e. The molecule has 0 saturated heterocycles. The molecule has 0 aliphatic carbocycles. The molecule has 0 fully saturated rings. The average molecular weight is 407 g/mol. The summed E-state index contributed by atoms with van der Waals surface area (Å²) in [7, 11) is -3.34. The van der Waals surface area contributed by atoms with Gasteiger partial charge in [-0.3, -0.25) is 9.10 Å². The van der Waals surface area contributed by atoms with Crippen LogP contribution in [-0.2, 0) is 16.4 Å². The SMILES string of the molecule is C[C@@H]1Cc2cc(C(=O)Nc3ccc(-c4ccccc4)cc3)ccc2N1S(C)(=O)=O. The molecule has 1 heterocycles. The van der Waals surface area contributed by atoms with Crippen molar-refractivity contribution in [2.24, 2.45) is 0 Å². The molecular formula is C23H22N2O3S. The number of carbonyl (C=O) groups excluding carboxylic acids is 1. The Labute approximate surface area is 171 Å². The van der Waals surface area contributed by atoms with E-state index < -0.39 is 10.0 Å². The number of rotatable bonds is 4. The number of hydrogen-bond acceptors (Lipinski definition) is 3. The minimum Gasteiger partial charge on any atom is -0.322 e. The second kappa shape index (κ2) is 7.37. The summed E-state index contributed by atoms with van der Waals surface area (Å²) in [6.07, 6.45) is 1.80. The van der Waals surface area contributed by atoms with Crippen molar-refractivity contribution in [3.63, 3.8) is 0 Å². The van der Waals surface area contributed by atoms with Crippen LogP contribution in [0.3, 0.4) is 0 Å². The largest absolute Gasteiger partial charge is 0.322 e. The minimum absolute atomic E-state index is 0.149. The van der Waals surface area contributed by atoms with Crippen LogP contribution in [0.5, 0.6) is 0 Å². The third-order valence-corrected chi connectivity index (χ3v) is 6.37. The van der Waals surface area contributed by atoms with Gasteiger partial charge in [0.25, 0.3) is 5.91 Å². The van der Waals surface area contributed by atoms with Gasteiger partial charge in [0.1, 0.15) is 0 Å². The van der Waals surface area contributed by atoms with Crippen molar-refractivity contribution in [1.82, 2.24) is 0 Å². The highest BCUT2D eigenvalue weighted by atomic mass is 32.2. The van der Waals surface area contributed by atoms with Gasteiger partial charge in [-0.1, -0.05) is 42.5 Å². The van der Waals surface area contributed by atoms with Gasteiger partial charge >= 0.3 is 0 Å². The number of hydrogen-bond donors (Lipinski definition) is 1. The quantitative estimate of drug-likeness (QED) is 0.702. The van der Waals surface area contributed by atoms with Crippen LogP contribution in [0.4, 0.5) is 11.4 Å². The molecule has 29 heavy (non-hydrogen) atoms. The van der Waals surface area contributed by atoms with Crippen LogP contribution in [0, 0.1) is 0 Å². The van der Waals surface area contributed by atoms with Crippen molar-refractivity contribution in [3.8, 4) is 11.1 Å². The van der Waals surface area contributed by atoms with Gasteiger partial charge < -0.3 is 5.32 Å². The van der Waals surface area contributed by atoms with Crippen LogP contribution < -0.4 is 9.62 Å². The van der Waals surface area contributed by atoms with Gasteiger partial charge in [0, 0.05) is 17.3 Å². The van der Waals surface area contributed by atoms with E-state index in [1.54, 1.807) is 18.2 Å². The van der Waals surface area contributed by atoms with E-state index in [1.807, 2.05) is 61.5 Å². The molecule has 1 N–H and O–H groups in total. The van der Waals surface area contributed by atoms with Crippen molar-refractivity contribution in [1.29, 1.82) is 0 Å². The first-order chi connectivity index (χ1) is 13.8. The highest BCUT2D eigenvalue weighted by molar-refractivity contribution is 7.92. The highest BCUT2D eigenvalue weighted by Gasteiger charge is 2.32. The van der Waals surface area contributed by atoms with Gasteiger partial charge in [-0.05, 0) is 60.4 Å². The summed E-state index contributed by atoms with van der Waals surface area (Å²) >= 11 is 0. The molecule has 3 aromatic carbocycles. The monoisotopic (exact) mass is 406 g/mol. The smallest absolute Gasteiger partial charge is 0.255 e. The maximum absolute atomic E-state index is 12.7. The number of benzene rings is 3. The summed E-state index contributed by atoms with van der Waals surface area (Å²) in [5.74, 6) is -0.217. The molecule has 0 aromatic heterocycles. The van der Waals surface area contributed by atoms with E-state index in [-0.39, 0.29) is 11.9 Å². The van der Waals surface area contributed by atoms with E-state index in [0.717, 1.165) is 16.7 Å². The molecular weight excluding hydrogens is 384 g/mol. The fourth-order valence-corrected chi connectivity index (χ4v) is 5.09. The first kappa shape index (κ1) is 19.2. The summed E-state index contributed by atoms with van der Waals surface area (Å²) in [6, 6.07) is 22.8. The predicted octanol–water partition coefficient (Wildman–Crippen LogP) is 4.32. The zero-order valence-electron chi connectivity index (χ0n) is 16.3. The molecule has 1 aliphatic rings. The Hall–Kier alpha value is -3.12. The minimum atomic E-state index is -3.34. The molecule has 0 bridgehead atoms. The zero-order valence-corrected chi connectivity index (χ0v) is 17.1. The van der Waals surface area contributed by atoms with Gasteiger partial charge in [-0.2, -0.15) is 0 Å². The number of sulfonamides is 1. The van der Waals surface area contributed by atoms with Crippen LogP contribution in [0.15, 0.2) is 72.8 Å². The van der Waals surface area contributed by atoms with Gasteiger partial charge in [0.05, 0.1) is 11.9 Å². The molecule has 0 saturated carbocycles. The molecule has 148 valence electrons. The van der Waals surface area contributed by atoms with E-state index in [9.17, 15) is 13.2 Å². The molecule has 1 amide bonds. The number of anilines is 2. The lowest BCUT2D eigenvalue weighted by atomic mass is 10.0. The number of carbonyl (C=O) groups is 1. The van der Waals surface area contributed by atoms with E-state index in [1.165, 1.54) is 10.6 Å². The molecule has 0 spiro atoms. The number of amides is 1. The van der Waals surface area contributed by atoms with Gasteiger partial charge in [-0.25, -0.2) is 8.42 Å². The lowest BCUT2D eigenvalue weighted by Crippen LogP contribution is -2.34. The van der Waals surface area contributed by atoms with Gasteiger partial charge in [0.2, 0.25) is 10.0 Å². The Morgan fingerprint density at radius 2 is 1.62 bits per heavy atom. The van der Waals surface area contributed by atoms with Gasteiger partial charge in [0.15, 0.2) is 0 Å². The molecule has 5 nitrogen and oxygen atoms in total. The average Bonchev–Trinajstić information content (AvgIpc) is 3.04. The summed E-state index contributed by atoms with van der Waals surface area (Å²) in [4.78, 5) is 12.7. The summed E-state index contributed by atoms with van der Waals surface area (Å²) in [5, 5.41) is 2.91. The third kappa shape index (κ3) is 3.89. The van der Waals surface area contributed by atoms with Crippen LogP contribution >= 0.6 is 0 Å². The Balaban J connectivity index is 1.52. The number of fused-ring (bicyclic) bond motifs is 1. The van der Waals surface area contributed by atoms with Crippen LogP contribution in [0.1, 0.15) is 22.8 Å². The van der Waals surface area contributed by atoms with E-state index >= 15 is 0 Å². The summed E-state index contributed by atoms with van der Waals surface area (Å²) < 4.78 is 25.5. The fourth-order valence-electron chi connectivity index (χ4n) is 3.83. The molecule has 4 rings (SSSR count). The molecule has 1 atom stereocenters. The topological polar surface area (TPSA) is 66.5 Å². The first-order valence-electron chi connectivity index (χ1n) is 9.42. The zero-order chi connectivity index (χ0) is 20.6. The van der Waals surface area contributed by atoms with Crippen LogP contribution in [-0.4, -0.2) is 26.6 Å². The Morgan fingerprint density at radius 3 is 2.28 bits per heavy atom. The summed E-state index contributed by atoms with van der Waals surface area (Å²) in [5.41, 5.74) is 4.95. The normalized spacial score (nSPS) is 15.8. The first-order valence-corrected chi connectivity index (χ1v) is 11.3. The lowest BCUT2D eigenvalue weighted by molar-refractivity contribution is 0.102. The molecule has 6 heteroatoms. The Bertz CT molecular complexity index is 1160. The van der Waals surface area contributed by atoms with Crippen LogP contribution in [0.2, 0.25) is 0 Å². The predicted molar refractivity (Wildman–Crippen MR) is 117 cm³/mol. The molecule has 0 unspecified atom stereocenters. The lowest BCUT2D eigenvalue weighted by Gasteiger charge is -2.21.